The topological polar surface area (TPSA) is 86.7 Å². The molecule has 1 aliphatic rings. The number of rotatable bonds is 6. The largest absolute Gasteiger partial charge is 0.355 e. The van der Waals surface area contributed by atoms with Crippen LogP contribution >= 0.6 is 24.0 Å². The molecule has 1 unspecified atom stereocenters. The molecule has 0 saturated carbocycles. The molecule has 0 aliphatic carbocycles. The maximum absolute atomic E-state index is 12.1. The van der Waals surface area contributed by atoms with Gasteiger partial charge < -0.3 is 10.2 Å². The molecule has 1 aromatic rings. The third-order valence-electron chi connectivity index (χ3n) is 4.57. The van der Waals surface area contributed by atoms with Crippen LogP contribution in [0, 0.1) is 5.41 Å². The first-order chi connectivity index (χ1) is 11.4. The number of hydrogen-bond acceptors (Lipinski definition) is 4. The second-order valence-electron chi connectivity index (χ2n) is 6.40. The molecule has 0 bridgehead atoms. The fourth-order valence-corrected chi connectivity index (χ4v) is 3.77. The average molecular weight is 481 g/mol. The molecule has 1 aromatic heterocycles. The molecular weight excluding hydrogens is 453 g/mol. The Hall–Kier alpha value is -0.940. The number of pyridine rings is 1. The highest BCUT2D eigenvalue weighted by molar-refractivity contribution is 14.0. The third-order valence-corrected chi connectivity index (χ3v) is 6.01. The van der Waals surface area contributed by atoms with E-state index >= 15 is 0 Å². The van der Waals surface area contributed by atoms with Crippen LogP contribution in [0.15, 0.2) is 34.4 Å². The number of nitrogens with zero attached hydrogens (tertiary/aromatic N) is 3. The average Bonchev–Trinajstić information content (AvgIpc) is 2.98. The zero-order chi connectivity index (χ0) is 17.6. The first kappa shape index (κ1) is 22.1. The highest BCUT2D eigenvalue weighted by Crippen LogP contribution is 2.32. The molecule has 142 valence electrons. The summed E-state index contributed by atoms with van der Waals surface area (Å²) in [5.41, 5.74) is 0.333. The number of halogens is 1. The Balaban J connectivity index is 0.00000312. The van der Waals surface area contributed by atoms with Gasteiger partial charge in [0, 0.05) is 45.6 Å². The predicted octanol–water partition coefficient (Wildman–Crippen LogP) is 1.68. The van der Waals surface area contributed by atoms with Crippen LogP contribution in [-0.4, -0.2) is 57.5 Å². The van der Waals surface area contributed by atoms with Gasteiger partial charge in [-0.2, -0.15) is 0 Å². The summed E-state index contributed by atoms with van der Waals surface area (Å²) in [6, 6.07) is 3.13. The van der Waals surface area contributed by atoms with E-state index in [0.717, 1.165) is 31.9 Å². The lowest BCUT2D eigenvalue weighted by Gasteiger charge is -2.25. The van der Waals surface area contributed by atoms with Gasteiger partial charge in [-0.15, -0.1) is 24.0 Å². The zero-order valence-corrected chi connectivity index (χ0v) is 18.2. The fraction of sp³-hybridized carbons (Fsp3) is 0.625. The van der Waals surface area contributed by atoms with Gasteiger partial charge in [0.25, 0.3) is 0 Å². The summed E-state index contributed by atoms with van der Waals surface area (Å²) in [6.45, 7) is 7.23. The number of hydrogen-bond donors (Lipinski definition) is 2. The maximum Gasteiger partial charge on any atom is 0.242 e. The number of aliphatic imine (C=N–C) groups is 1. The van der Waals surface area contributed by atoms with Crippen molar-refractivity contribution < 1.29 is 8.42 Å². The van der Waals surface area contributed by atoms with E-state index in [0.29, 0.717) is 12.0 Å². The molecule has 0 radical (unpaired) electrons. The quantitative estimate of drug-likeness (QED) is 0.280. The van der Waals surface area contributed by atoms with Crippen LogP contribution in [0.5, 0.6) is 0 Å². The molecule has 0 aromatic carbocycles. The summed E-state index contributed by atoms with van der Waals surface area (Å²) in [5, 5.41) is 3.23. The standard InChI is InChI=1S/C16H27N5O2S.HI/c1-4-16(2)7-11-21(13-16)15(17-3)19-9-10-20-24(22,23)14-6-5-8-18-12-14;/h5-6,8,12,20H,4,7,9-11,13H2,1-3H3,(H,17,19);1H. The molecule has 0 spiro atoms. The molecular formula is C16H28IN5O2S. The van der Waals surface area contributed by atoms with Gasteiger partial charge in [0.05, 0.1) is 0 Å². The van der Waals surface area contributed by atoms with Crippen molar-refractivity contribution in [3.63, 3.8) is 0 Å². The van der Waals surface area contributed by atoms with Crippen molar-refractivity contribution in [1.82, 2.24) is 19.9 Å². The Labute approximate surface area is 167 Å². The first-order valence-corrected chi connectivity index (χ1v) is 9.74. The minimum absolute atomic E-state index is 0. The Kier molecular flexibility index (Phi) is 8.55. The fourth-order valence-electron chi connectivity index (χ4n) is 2.77. The third kappa shape index (κ3) is 6.07. The van der Waals surface area contributed by atoms with E-state index in [2.05, 4.69) is 38.8 Å². The second kappa shape index (κ2) is 9.67. The smallest absolute Gasteiger partial charge is 0.242 e. The van der Waals surface area contributed by atoms with E-state index in [-0.39, 0.29) is 35.4 Å². The molecule has 1 fully saturated rings. The Morgan fingerprint density at radius 3 is 2.76 bits per heavy atom. The molecule has 0 amide bonds. The molecule has 2 rings (SSSR count). The van der Waals surface area contributed by atoms with E-state index in [1.165, 1.54) is 12.3 Å². The Bertz CT molecular complexity index is 668. The van der Waals surface area contributed by atoms with Crippen molar-refractivity contribution in [2.45, 2.75) is 31.6 Å². The van der Waals surface area contributed by atoms with Crippen LogP contribution in [0.25, 0.3) is 0 Å². The summed E-state index contributed by atoms with van der Waals surface area (Å²) in [4.78, 5) is 10.5. The van der Waals surface area contributed by atoms with Crippen LogP contribution in [0.3, 0.4) is 0 Å². The van der Waals surface area contributed by atoms with Crippen LogP contribution in [-0.2, 0) is 10.0 Å². The van der Waals surface area contributed by atoms with E-state index < -0.39 is 10.0 Å². The predicted molar refractivity (Wildman–Crippen MR) is 111 cm³/mol. The highest BCUT2D eigenvalue weighted by Gasteiger charge is 2.33. The highest BCUT2D eigenvalue weighted by atomic mass is 127. The minimum atomic E-state index is -3.51. The number of nitrogens with one attached hydrogen (secondary N) is 2. The maximum atomic E-state index is 12.1. The monoisotopic (exact) mass is 481 g/mol. The van der Waals surface area contributed by atoms with Crippen LogP contribution in [0.4, 0.5) is 0 Å². The molecule has 2 heterocycles. The summed E-state index contributed by atoms with van der Waals surface area (Å²) < 4.78 is 26.8. The van der Waals surface area contributed by atoms with E-state index in [1.807, 2.05) is 0 Å². The number of sulfonamides is 1. The van der Waals surface area contributed by atoms with Crippen LogP contribution in [0.2, 0.25) is 0 Å². The van der Waals surface area contributed by atoms with Crippen molar-refractivity contribution >= 4 is 40.0 Å². The van der Waals surface area contributed by atoms with E-state index in [1.54, 1.807) is 19.3 Å². The molecule has 1 atom stereocenters. The van der Waals surface area contributed by atoms with Gasteiger partial charge in [-0.25, -0.2) is 13.1 Å². The van der Waals surface area contributed by atoms with Crippen molar-refractivity contribution in [3.05, 3.63) is 24.5 Å². The Morgan fingerprint density at radius 1 is 1.44 bits per heavy atom. The van der Waals surface area contributed by atoms with Crippen molar-refractivity contribution in [2.24, 2.45) is 10.4 Å². The Morgan fingerprint density at radius 2 is 2.20 bits per heavy atom. The first-order valence-electron chi connectivity index (χ1n) is 8.25. The van der Waals surface area contributed by atoms with Crippen molar-refractivity contribution in [2.75, 3.05) is 33.2 Å². The second-order valence-corrected chi connectivity index (χ2v) is 8.16. The summed E-state index contributed by atoms with van der Waals surface area (Å²) >= 11 is 0. The zero-order valence-electron chi connectivity index (χ0n) is 15.0. The van der Waals surface area contributed by atoms with E-state index in [4.69, 9.17) is 0 Å². The summed E-state index contributed by atoms with van der Waals surface area (Å²) in [7, 11) is -1.76. The minimum Gasteiger partial charge on any atom is -0.355 e. The number of likely N-dealkylation sites (tertiary alicyclic amines) is 1. The van der Waals surface area contributed by atoms with Gasteiger partial charge in [-0.05, 0) is 30.4 Å². The van der Waals surface area contributed by atoms with Gasteiger partial charge in [0.2, 0.25) is 10.0 Å². The molecule has 9 heteroatoms. The van der Waals surface area contributed by atoms with Crippen LogP contribution in [0.1, 0.15) is 26.7 Å². The lowest BCUT2D eigenvalue weighted by atomic mass is 9.87. The van der Waals surface area contributed by atoms with Gasteiger partial charge >= 0.3 is 0 Å². The molecule has 2 N–H and O–H groups in total. The van der Waals surface area contributed by atoms with Gasteiger partial charge in [-0.3, -0.25) is 9.98 Å². The lowest BCUT2D eigenvalue weighted by molar-refractivity contribution is 0.322. The summed E-state index contributed by atoms with van der Waals surface area (Å²) in [5.74, 6) is 0.827. The molecule has 7 nitrogen and oxygen atoms in total. The number of aromatic nitrogens is 1. The van der Waals surface area contributed by atoms with Gasteiger partial charge in [-0.1, -0.05) is 13.8 Å². The normalized spacial score (nSPS) is 21.1. The molecule has 1 saturated heterocycles. The molecule has 25 heavy (non-hydrogen) atoms. The molecule has 1 aliphatic heterocycles. The summed E-state index contributed by atoms with van der Waals surface area (Å²) in [6.07, 6.45) is 5.18. The van der Waals surface area contributed by atoms with Crippen molar-refractivity contribution in [3.8, 4) is 0 Å². The lowest BCUT2D eigenvalue weighted by Crippen LogP contribution is -2.43. The van der Waals surface area contributed by atoms with Gasteiger partial charge in [0.15, 0.2) is 5.96 Å². The van der Waals surface area contributed by atoms with Gasteiger partial charge in [0.1, 0.15) is 4.90 Å². The van der Waals surface area contributed by atoms with Crippen molar-refractivity contribution in [1.29, 1.82) is 0 Å². The van der Waals surface area contributed by atoms with Crippen LogP contribution < -0.4 is 10.0 Å². The number of guanidine groups is 1. The van der Waals surface area contributed by atoms with E-state index in [9.17, 15) is 8.42 Å². The SMILES string of the molecule is CCC1(C)CCN(C(=NC)NCCNS(=O)(=O)c2cccnc2)C1.I.